The molecule has 2 rings (SSSR count). The SMILES string of the molecule is O=C(NS(=O)(=O)CC(F)(F)F)[C@@H]1SCCc2ccccc21. The van der Waals surface area contributed by atoms with E-state index in [1.54, 1.807) is 18.2 Å². The number of fused-ring (bicyclic) bond motifs is 1. The second-order valence-electron chi connectivity index (χ2n) is 4.54. The van der Waals surface area contributed by atoms with Gasteiger partial charge in [0.1, 0.15) is 5.25 Å². The Bertz CT molecular complexity index is 643. The van der Waals surface area contributed by atoms with Gasteiger partial charge < -0.3 is 0 Å². The van der Waals surface area contributed by atoms with Crippen molar-refractivity contribution in [3.05, 3.63) is 35.4 Å². The van der Waals surface area contributed by atoms with E-state index in [1.807, 2.05) is 6.07 Å². The Morgan fingerprint density at radius 3 is 2.67 bits per heavy atom. The normalized spacial score (nSPS) is 18.9. The van der Waals surface area contributed by atoms with Gasteiger partial charge in [0.05, 0.1) is 0 Å². The Morgan fingerprint density at radius 2 is 2.00 bits per heavy atom. The monoisotopic (exact) mass is 339 g/mol. The van der Waals surface area contributed by atoms with Crippen LogP contribution in [-0.2, 0) is 21.2 Å². The summed E-state index contributed by atoms with van der Waals surface area (Å²) in [5, 5.41) is -0.807. The van der Waals surface area contributed by atoms with Crippen LogP contribution in [0.4, 0.5) is 13.2 Å². The third kappa shape index (κ3) is 4.37. The number of hydrogen-bond acceptors (Lipinski definition) is 4. The van der Waals surface area contributed by atoms with Crippen LogP contribution < -0.4 is 4.72 Å². The van der Waals surface area contributed by atoms with E-state index in [4.69, 9.17) is 0 Å². The molecule has 0 aromatic heterocycles. The highest BCUT2D eigenvalue weighted by Crippen LogP contribution is 2.36. The van der Waals surface area contributed by atoms with Crippen molar-refractivity contribution in [3.63, 3.8) is 0 Å². The van der Waals surface area contributed by atoms with Gasteiger partial charge in [0.15, 0.2) is 5.75 Å². The predicted molar refractivity (Wildman–Crippen MR) is 73.3 cm³/mol. The highest BCUT2D eigenvalue weighted by molar-refractivity contribution is 8.00. The number of halogens is 3. The largest absolute Gasteiger partial charge is 0.404 e. The molecule has 9 heteroatoms. The maximum atomic E-state index is 12.1. The zero-order valence-corrected chi connectivity index (χ0v) is 12.3. The van der Waals surface area contributed by atoms with Crippen molar-refractivity contribution < 1.29 is 26.4 Å². The number of aryl methyl sites for hydroxylation is 1. The van der Waals surface area contributed by atoms with E-state index in [9.17, 15) is 26.4 Å². The van der Waals surface area contributed by atoms with E-state index in [-0.39, 0.29) is 0 Å². The van der Waals surface area contributed by atoms with Crippen molar-refractivity contribution in [2.24, 2.45) is 0 Å². The number of hydrogen-bond donors (Lipinski definition) is 1. The van der Waals surface area contributed by atoms with Crippen molar-refractivity contribution >= 4 is 27.7 Å². The van der Waals surface area contributed by atoms with Gasteiger partial charge in [-0.25, -0.2) is 8.42 Å². The highest BCUT2D eigenvalue weighted by atomic mass is 32.2. The van der Waals surface area contributed by atoms with Crippen LogP contribution >= 0.6 is 11.8 Å². The molecule has 0 bridgehead atoms. The quantitative estimate of drug-likeness (QED) is 0.915. The molecule has 1 aromatic rings. The van der Waals surface area contributed by atoms with Crippen LogP contribution in [0.2, 0.25) is 0 Å². The average molecular weight is 339 g/mol. The first-order valence-corrected chi connectivity index (χ1v) is 8.68. The Kier molecular flexibility index (Phi) is 4.52. The number of thioether (sulfide) groups is 1. The van der Waals surface area contributed by atoms with Gasteiger partial charge in [-0.3, -0.25) is 9.52 Å². The fraction of sp³-hybridized carbons (Fsp3) is 0.417. The fourth-order valence-corrected chi connectivity index (χ4v) is 4.26. The van der Waals surface area contributed by atoms with Crippen molar-refractivity contribution in [1.82, 2.24) is 4.72 Å². The molecule has 1 aliphatic heterocycles. The maximum absolute atomic E-state index is 12.1. The van der Waals surface area contributed by atoms with Gasteiger partial charge in [0, 0.05) is 0 Å². The molecule has 4 nitrogen and oxygen atoms in total. The van der Waals surface area contributed by atoms with E-state index in [0.717, 1.165) is 12.0 Å². The van der Waals surface area contributed by atoms with E-state index >= 15 is 0 Å². The summed E-state index contributed by atoms with van der Waals surface area (Å²) in [6, 6.07) is 7.00. The number of amides is 1. The van der Waals surface area contributed by atoms with Crippen LogP contribution in [0.1, 0.15) is 16.4 Å². The number of carbonyl (C=O) groups excluding carboxylic acids is 1. The Morgan fingerprint density at radius 1 is 1.33 bits per heavy atom. The Hall–Kier alpha value is -1.22. The molecule has 1 aromatic carbocycles. The molecule has 116 valence electrons. The summed E-state index contributed by atoms with van der Waals surface area (Å²) in [7, 11) is -4.73. The lowest BCUT2D eigenvalue weighted by molar-refractivity contribution is -0.119. The Labute approximate surface area is 124 Å². The average Bonchev–Trinajstić information content (AvgIpc) is 2.34. The number of sulfonamides is 1. The van der Waals surface area contributed by atoms with Gasteiger partial charge >= 0.3 is 6.18 Å². The zero-order valence-electron chi connectivity index (χ0n) is 10.7. The molecule has 1 aliphatic rings. The van der Waals surface area contributed by atoms with Gasteiger partial charge in [-0.1, -0.05) is 24.3 Å². The molecule has 0 spiro atoms. The van der Waals surface area contributed by atoms with Crippen LogP contribution in [0, 0.1) is 0 Å². The smallest absolute Gasteiger partial charge is 0.272 e. The predicted octanol–water partition coefficient (Wildman–Crippen LogP) is 2.03. The standard InChI is InChI=1S/C12H12F3NO3S2/c13-12(14,15)7-21(18,19)16-11(17)10-9-4-2-1-3-8(9)5-6-20-10/h1-4,10H,5-7H2,(H,16,17)/t10-/m1/s1. The first-order chi connectivity index (χ1) is 9.68. The topological polar surface area (TPSA) is 63.2 Å². The zero-order chi connectivity index (χ0) is 15.7. The van der Waals surface area contributed by atoms with Gasteiger partial charge in [-0.05, 0) is 23.3 Å². The molecule has 1 amide bonds. The lowest BCUT2D eigenvalue weighted by atomic mass is 10.0. The molecule has 0 radical (unpaired) electrons. The molecule has 1 heterocycles. The van der Waals surface area contributed by atoms with Crippen LogP contribution in [-0.4, -0.2) is 32.0 Å². The summed E-state index contributed by atoms with van der Waals surface area (Å²) < 4.78 is 60.7. The van der Waals surface area contributed by atoms with Gasteiger partial charge in [-0.2, -0.15) is 13.2 Å². The maximum Gasteiger partial charge on any atom is 0.404 e. The summed E-state index contributed by atoms with van der Waals surface area (Å²) in [5.41, 5.74) is 1.55. The third-order valence-corrected chi connectivity index (χ3v) is 5.30. The van der Waals surface area contributed by atoms with Gasteiger partial charge in [-0.15, -0.1) is 11.8 Å². The van der Waals surface area contributed by atoms with Crippen LogP contribution in [0.5, 0.6) is 0 Å². The molecule has 0 saturated heterocycles. The van der Waals surface area contributed by atoms with E-state index in [0.29, 0.717) is 11.3 Å². The molecule has 0 saturated carbocycles. The van der Waals surface area contributed by atoms with Crippen molar-refractivity contribution in [2.75, 3.05) is 11.5 Å². The summed E-state index contributed by atoms with van der Waals surface area (Å²) in [6.45, 7) is 0. The van der Waals surface area contributed by atoms with Crippen molar-refractivity contribution in [3.8, 4) is 0 Å². The van der Waals surface area contributed by atoms with Gasteiger partial charge in [0.2, 0.25) is 10.0 Å². The summed E-state index contributed by atoms with van der Waals surface area (Å²) in [5.74, 6) is -2.39. The minimum Gasteiger partial charge on any atom is -0.272 e. The van der Waals surface area contributed by atoms with E-state index in [1.165, 1.54) is 16.5 Å². The molecule has 1 N–H and O–H groups in total. The molecular formula is C12H12F3NO3S2. The van der Waals surface area contributed by atoms with Crippen LogP contribution in [0.25, 0.3) is 0 Å². The number of nitrogens with one attached hydrogen (secondary N) is 1. The molecule has 0 aliphatic carbocycles. The summed E-state index contributed by atoms with van der Waals surface area (Å²) in [6.07, 6.45) is -4.15. The van der Waals surface area contributed by atoms with Crippen LogP contribution in [0.3, 0.4) is 0 Å². The number of carbonyl (C=O) groups is 1. The summed E-state index contributed by atoms with van der Waals surface area (Å²) in [4.78, 5) is 12.0. The minimum atomic E-state index is -4.89. The molecular weight excluding hydrogens is 327 g/mol. The van der Waals surface area contributed by atoms with Crippen molar-refractivity contribution in [2.45, 2.75) is 17.8 Å². The lowest BCUT2D eigenvalue weighted by Crippen LogP contribution is -2.39. The second kappa shape index (κ2) is 5.88. The number of alkyl halides is 3. The lowest BCUT2D eigenvalue weighted by Gasteiger charge is -2.24. The molecule has 0 fully saturated rings. The number of benzene rings is 1. The Balaban J connectivity index is 2.15. The van der Waals surface area contributed by atoms with E-state index < -0.39 is 33.1 Å². The van der Waals surface area contributed by atoms with Crippen molar-refractivity contribution in [1.29, 1.82) is 0 Å². The summed E-state index contributed by atoms with van der Waals surface area (Å²) >= 11 is 1.21. The van der Waals surface area contributed by atoms with Crippen LogP contribution in [0.15, 0.2) is 24.3 Å². The van der Waals surface area contributed by atoms with Gasteiger partial charge in [0.25, 0.3) is 5.91 Å². The highest BCUT2D eigenvalue weighted by Gasteiger charge is 2.37. The first-order valence-electron chi connectivity index (χ1n) is 5.98. The first kappa shape index (κ1) is 16.2. The molecule has 1 atom stereocenters. The minimum absolute atomic E-state index is 0.606. The fourth-order valence-electron chi connectivity index (χ4n) is 2.07. The number of rotatable bonds is 3. The third-order valence-electron chi connectivity index (χ3n) is 2.84. The van der Waals surface area contributed by atoms with E-state index in [2.05, 4.69) is 0 Å². The molecule has 0 unspecified atom stereocenters. The second-order valence-corrected chi connectivity index (χ2v) is 7.48. The molecule has 21 heavy (non-hydrogen) atoms.